The summed E-state index contributed by atoms with van der Waals surface area (Å²) in [5.74, 6) is 1.02. The summed E-state index contributed by atoms with van der Waals surface area (Å²) in [6.45, 7) is 2.08. The molecule has 3 heterocycles. The number of halogens is 1. The first-order valence-corrected chi connectivity index (χ1v) is 10.1. The lowest BCUT2D eigenvalue weighted by Crippen LogP contribution is -2.30. The first kappa shape index (κ1) is 17.3. The van der Waals surface area contributed by atoms with Crippen LogP contribution in [0.2, 0.25) is 5.02 Å². The molecule has 28 heavy (non-hydrogen) atoms. The minimum Gasteiger partial charge on any atom is -0.356 e. The van der Waals surface area contributed by atoms with E-state index < -0.39 is 0 Å². The minimum atomic E-state index is 0.706. The molecule has 0 unspecified atom stereocenters. The monoisotopic (exact) mass is 388 g/mol. The maximum absolute atomic E-state index is 6.53. The molecule has 0 saturated carbocycles. The van der Waals surface area contributed by atoms with Crippen molar-refractivity contribution in [3.8, 4) is 16.8 Å². The van der Waals surface area contributed by atoms with Gasteiger partial charge in [-0.3, -0.25) is 4.57 Å². The molecule has 4 aromatic rings. The van der Waals surface area contributed by atoms with Crippen molar-refractivity contribution in [1.29, 1.82) is 0 Å². The Balaban J connectivity index is 1.80. The summed E-state index contributed by atoms with van der Waals surface area (Å²) in [5.41, 5.74) is 4.12. The van der Waals surface area contributed by atoms with Gasteiger partial charge in [0.1, 0.15) is 12.1 Å². The summed E-state index contributed by atoms with van der Waals surface area (Å²) in [6.07, 6.45) is 7.52. The molecule has 1 aliphatic rings. The lowest BCUT2D eigenvalue weighted by atomic mass is 10.1. The van der Waals surface area contributed by atoms with Gasteiger partial charge >= 0.3 is 0 Å². The number of piperidine rings is 1. The molecule has 2 aromatic heterocycles. The van der Waals surface area contributed by atoms with E-state index in [0.717, 1.165) is 46.8 Å². The van der Waals surface area contributed by atoms with Crippen LogP contribution in [0.25, 0.3) is 27.8 Å². The van der Waals surface area contributed by atoms with Crippen molar-refractivity contribution < 1.29 is 0 Å². The highest BCUT2D eigenvalue weighted by Crippen LogP contribution is 2.38. The van der Waals surface area contributed by atoms with Crippen molar-refractivity contribution >= 4 is 28.5 Å². The van der Waals surface area contributed by atoms with Gasteiger partial charge in [-0.2, -0.15) is 0 Å². The number of aromatic nitrogens is 3. The van der Waals surface area contributed by atoms with Crippen LogP contribution in [-0.2, 0) is 0 Å². The fraction of sp³-hybridized carbons (Fsp3) is 0.217. The molecule has 1 fully saturated rings. The number of anilines is 1. The minimum absolute atomic E-state index is 0.706. The number of hydrogen-bond acceptors (Lipinski definition) is 3. The van der Waals surface area contributed by atoms with E-state index >= 15 is 0 Å². The zero-order valence-electron chi connectivity index (χ0n) is 15.6. The van der Waals surface area contributed by atoms with Crippen molar-refractivity contribution in [3.63, 3.8) is 0 Å². The van der Waals surface area contributed by atoms with Gasteiger partial charge in [0.2, 0.25) is 0 Å². The second kappa shape index (κ2) is 7.28. The highest BCUT2D eigenvalue weighted by molar-refractivity contribution is 6.32. The third-order valence-corrected chi connectivity index (χ3v) is 5.73. The number of rotatable bonds is 3. The summed E-state index contributed by atoms with van der Waals surface area (Å²) >= 11 is 6.53. The zero-order chi connectivity index (χ0) is 18.9. The van der Waals surface area contributed by atoms with Gasteiger partial charge in [-0.15, -0.1) is 0 Å². The molecule has 0 atom stereocenters. The number of fused-ring (bicyclic) bond motifs is 1. The Kier molecular flexibility index (Phi) is 4.49. The van der Waals surface area contributed by atoms with Gasteiger partial charge in [0.05, 0.1) is 16.1 Å². The highest BCUT2D eigenvalue weighted by atomic mass is 35.5. The van der Waals surface area contributed by atoms with Gasteiger partial charge in [0.25, 0.3) is 0 Å². The standard InChI is InChI=1S/C23H21ClN4/c24-19-11-5-6-12-20(19)28-15-18(17-9-3-1-4-10-17)21-22(25-16-26-23(21)28)27-13-7-2-8-14-27/h1,3-6,9-12,15-16H,2,7-8,13-14H2. The largest absolute Gasteiger partial charge is 0.356 e. The Bertz CT molecular complexity index is 1110. The van der Waals surface area contributed by atoms with E-state index in [1.54, 1.807) is 6.33 Å². The molecule has 0 amide bonds. The number of nitrogens with zero attached hydrogens (tertiary/aromatic N) is 4. The predicted molar refractivity (Wildman–Crippen MR) is 115 cm³/mol. The lowest BCUT2D eigenvalue weighted by Gasteiger charge is -2.28. The Hall–Kier alpha value is -2.85. The molecule has 0 N–H and O–H groups in total. The maximum atomic E-state index is 6.53. The lowest BCUT2D eigenvalue weighted by molar-refractivity contribution is 0.574. The van der Waals surface area contributed by atoms with Crippen molar-refractivity contribution in [2.75, 3.05) is 18.0 Å². The van der Waals surface area contributed by atoms with Crippen LogP contribution in [-0.4, -0.2) is 27.6 Å². The summed E-state index contributed by atoms with van der Waals surface area (Å²) in [4.78, 5) is 11.8. The van der Waals surface area contributed by atoms with E-state index in [4.69, 9.17) is 16.6 Å². The molecule has 0 spiro atoms. The third kappa shape index (κ3) is 2.94. The molecule has 2 aromatic carbocycles. The molecule has 0 bridgehead atoms. The van der Waals surface area contributed by atoms with E-state index in [-0.39, 0.29) is 0 Å². The molecule has 140 valence electrons. The van der Waals surface area contributed by atoms with Crippen LogP contribution in [0, 0.1) is 0 Å². The van der Waals surface area contributed by atoms with Gasteiger partial charge in [-0.05, 0) is 37.0 Å². The van der Waals surface area contributed by atoms with Gasteiger partial charge in [-0.1, -0.05) is 54.1 Å². The first-order chi connectivity index (χ1) is 13.8. The van der Waals surface area contributed by atoms with Crippen molar-refractivity contribution in [2.45, 2.75) is 19.3 Å². The Morgan fingerprint density at radius 3 is 2.36 bits per heavy atom. The summed E-state index contributed by atoms with van der Waals surface area (Å²) in [5, 5.41) is 1.80. The van der Waals surface area contributed by atoms with E-state index in [0.29, 0.717) is 5.02 Å². The maximum Gasteiger partial charge on any atom is 0.150 e. The van der Waals surface area contributed by atoms with Crippen LogP contribution in [0.1, 0.15) is 19.3 Å². The van der Waals surface area contributed by atoms with Gasteiger partial charge in [0.15, 0.2) is 5.65 Å². The van der Waals surface area contributed by atoms with Gasteiger partial charge in [0, 0.05) is 24.8 Å². The summed E-state index contributed by atoms with van der Waals surface area (Å²) in [6, 6.07) is 18.3. The second-order valence-electron chi connectivity index (χ2n) is 7.17. The average molecular weight is 389 g/mol. The van der Waals surface area contributed by atoms with E-state index in [9.17, 15) is 0 Å². The molecule has 1 aliphatic heterocycles. The van der Waals surface area contributed by atoms with Crippen LogP contribution < -0.4 is 4.90 Å². The third-order valence-electron chi connectivity index (χ3n) is 5.42. The number of benzene rings is 2. The molecule has 5 heteroatoms. The van der Waals surface area contributed by atoms with E-state index in [2.05, 4.69) is 44.9 Å². The van der Waals surface area contributed by atoms with Crippen LogP contribution in [0.5, 0.6) is 0 Å². The van der Waals surface area contributed by atoms with Gasteiger partial charge < -0.3 is 4.90 Å². The van der Waals surface area contributed by atoms with Crippen molar-refractivity contribution in [2.24, 2.45) is 0 Å². The zero-order valence-corrected chi connectivity index (χ0v) is 16.3. The molecule has 0 aliphatic carbocycles. The average Bonchev–Trinajstić information content (AvgIpc) is 3.15. The van der Waals surface area contributed by atoms with Crippen LogP contribution in [0.3, 0.4) is 0 Å². The summed E-state index contributed by atoms with van der Waals surface area (Å²) < 4.78 is 2.09. The van der Waals surface area contributed by atoms with Crippen molar-refractivity contribution in [3.05, 3.63) is 72.1 Å². The Morgan fingerprint density at radius 2 is 1.57 bits per heavy atom. The van der Waals surface area contributed by atoms with Crippen LogP contribution in [0.4, 0.5) is 5.82 Å². The topological polar surface area (TPSA) is 34.0 Å². The Morgan fingerprint density at radius 1 is 0.821 bits per heavy atom. The fourth-order valence-electron chi connectivity index (χ4n) is 4.06. The molecule has 4 nitrogen and oxygen atoms in total. The molecular weight excluding hydrogens is 368 g/mol. The fourth-order valence-corrected chi connectivity index (χ4v) is 4.29. The predicted octanol–water partition coefficient (Wildman–Crippen LogP) is 5.73. The SMILES string of the molecule is Clc1ccccc1-n1cc(-c2ccccc2)c2c(N3CCCCC3)ncnc21. The van der Waals surface area contributed by atoms with E-state index in [1.165, 1.54) is 19.3 Å². The van der Waals surface area contributed by atoms with Crippen LogP contribution >= 0.6 is 11.6 Å². The van der Waals surface area contributed by atoms with E-state index in [1.807, 2.05) is 30.3 Å². The van der Waals surface area contributed by atoms with Crippen LogP contribution in [0.15, 0.2) is 67.1 Å². The number of hydrogen-bond donors (Lipinski definition) is 0. The normalized spacial score (nSPS) is 14.5. The first-order valence-electron chi connectivity index (χ1n) is 9.74. The van der Waals surface area contributed by atoms with Gasteiger partial charge in [-0.25, -0.2) is 9.97 Å². The summed E-state index contributed by atoms with van der Waals surface area (Å²) in [7, 11) is 0. The Labute approximate surface area is 169 Å². The quantitative estimate of drug-likeness (QED) is 0.449. The second-order valence-corrected chi connectivity index (χ2v) is 7.58. The molecule has 1 saturated heterocycles. The highest BCUT2D eigenvalue weighted by Gasteiger charge is 2.22. The number of para-hydroxylation sites is 1. The van der Waals surface area contributed by atoms with Crippen molar-refractivity contribution in [1.82, 2.24) is 14.5 Å². The molecule has 0 radical (unpaired) electrons. The molecule has 5 rings (SSSR count). The molecular formula is C23H21ClN4. The smallest absolute Gasteiger partial charge is 0.150 e.